The third-order valence-electron chi connectivity index (χ3n) is 5.86. The molecular formula is C30H24ClN3O4S. The first-order valence-corrected chi connectivity index (χ1v) is 13.6. The van der Waals surface area contributed by atoms with Crippen molar-refractivity contribution in [3.63, 3.8) is 0 Å². The molecule has 0 fully saturated rings. The fourth-order valence-electron chi connectivity index (χ4n) is 4.03. The van der Waals surface area contributed by atoms with E-state index in [1.807, 2.05) is 32.0 Å². The summed E-state index contributed by atoms with van der Waals surface area (Å²) in [5.74, 6) is 0.340. The van der Waals surface area contributed by atoms with Crippen LogP contribution in [-0.2, 0) is 5.75 Å². The summed E-state index contributed by atoms with van der Waals surface area (Å²) in [7, 11) is 0. The average Bonchev–Trinajstić information content (AvgIpc) is 3.31. The molecule has 39 heavy (non-hydrogen) atoms. The topological polar surface area (TPSA) is 94.3 Å². The summed E-state index contributed by atoms with van der Waals surface area (Å²) in [4.78, 5) is 35.5. The van der Waals surface area contributed by atoms with E-state index in [1.165, 1.54) is 18.0 Å². The minimum absolute atomic E-state index is 0.00292. The number of nitrogens with zero attached hydrogens (tertiary/aromatic N) is 2. The second kappa shape index (κ2) is 11.7. The number of para-hydroxylation sites is 1. The number of anilines is 1. The quantitative estimate of drug-likeness (QED) is 0.115. The number of furan rings is 1. The van der Waals surface area contributed by atoms with Gasteiger partial charge in [-0.3, -0.25) is 9.59 Å². The van der Waals surface area contributed by atoms with Crippen LogP contribution in [0.5, 0.6) is 5.75 Å². The number of hydrogen-bond acceptors (Lipinski definition) is 7. The Morgan fingerprint density at radius 3 is 2.62 bits per heavy atom. The van der Waals surface area contributed by atoms with Gasteiger partial charge in [0.1, 0.15) is 11.3 Å². The molecule has 2 heterocycles. The Morgan fingerprint density at radius 2 is 1.85 bits per heavy atom. The van der Waals surface area contributed by atoms with Crippen molar-refractivity contribution in [2.24, 2.45) is 0 Å². The van der Waals surface area contributed by atoms with Crippen LogP contribution in [0.4, 0.5) is 5.69 Å². The molecule has 0 bridgehead atoms. The molecule has 0 unspecified atom stereocenters. The monoisotopic (exact) mass is 557 g/mol. The van der Waals surface area contributed by atoms with Gasteiger partial charge >= 0.3 is 0 Å². The Bertz CT molecular complexity index is 1670. The van der Waals surface area contributed by atoms with E-state index in [4.69, 9.17) is 20.8 Å². The van der Waals surface area contributed by atoms with Gasteiger partial charge in [0.25, 0.3) is 5.91 Å². The third-order valence-corrected chi connectivity index (χ3v) is 7.06. The summed E-state index contributed by atoms with van der Waals surface area (Å²) < 4.78 is 11.4. The van der Waals surface area contributed by atoms with Crippen LogP contribution in [0.3, 0.4) is 0 Å². The van der Waals surface area contributed by atoms with Gasteiger partial charge in [0.05, 0.1) is 23.5 Å². The molecule has 0 saturated carbocycles. The number of rotatable bonds is 9. The molecule has 0 radical (unpaired) electrons. The summed E-state index contributed by atoms with van der Waals surface area (Å²) in [6.07, 6.45) is 1.40. The standard InChI is InChI=1S/C30H24ClN3O4S/c1-3-37-21-13-11-20(12-14-21)27(35)28-25(22-9-4-5-10-24(22)38-28)33-29(36)26-23(31)16-32-30(34-26)39-17-19-8-6-7-18(2)15-19/h4-16H,3,17H2,1-2H3,(H,33,36). The Balaban J connectivity index is 1.42. The fourth-order valence-corrected chi connectivity index (χ4v) is 4.97. The summed E-state index contributed by atoms with van der Waals surface area (Å²) in [5, 5.41) is 3.91. The highest BCUT2D eigenvalue weighted by Gasteiger charge is 2.25. The zero-order valence-electron chi connectivity index (χ0n) is 21.2. The highest BCUT2D eigenvalue weighted by Crippen LogP contribution is 2.33. The fraction of sp³-hybridized carbons (Fsp3) is 0.133. The van der Waals surface area contributed by atoms with Crippen molar-refractivity contribution >= 4 is 51.7 Å². The third kappa shape index (κ3) is 5.97. The highest BCUT2D eigenvalue weighted by molar-refractivity contribution is 7.98. The Hall–Kier alpha value is -4.14. The van der Waals surface area contributed by atoms with Crippen LogP contribution in [-0.4, -0.2) is 28.3 Å². The first-order valence-electron chi connectivity index (χ1n) is 12.2. The van der Waals surface area contributed by atoms with Crippen molar-refractivity contribution in [3.05, 3.63) is 112 Å². The molecule has 5 aromatic rings. The van der Waals surface area contributed by atoms with Crippen molar-refractivity contribution in [2.45, 2.75) is 24.8 Å². The molecule has 196 valence electrons. The molecule has 0 aliphatic rings. The van der Waals surface area contributed by atoms with Crippen LogP contribution in [0.15, 0.2) is 88.6 Å². The normalized spacial score (nSPS) is 10.9. The van der Waals surface area contributed by atoms with Crippen LogP contribution in [0.1, 0.15) is 44.7 Å². The maximum atomic E-state index is 13.4. The van der Waals surface area contributed by atoms with Crippen molar-refractivity contribution in [2.75, 3.05) is 11.9 Å². The lowest BCUT2D eigenvalue weighted by Gasteiger charge is -2.09. The molecule has 1 amide bonds. The van der Waals surface area contributed by atoms with E-state index >= 15 is 0 Å². The molecule has 5 rings (SSSR count). The molecule has 1 N–H and O–H groups in total. The van der Waals surface area contributed by atoms with Gasteiger partial charge in [-0.05, 0) is 55.8 Å². The zero-order valence-corrected chi connectivity index (χ0v) is 22.8. The lowest BCUT2D eigenvalue weighted by molar-refractivity contribution is 0.101. The van der Waals surface area contributed by atoms with Crippen molar-refractivity contribution in [3.8, 4) is 5.75 Å². The average molecular weight is 558 g/mol. The molecule has 2 aromatic heterocycles. The number of benzene rings is 3. The van der Waals surface area contributed by atoms with Gasteiger partial charge in [-0.25, -0.2) is 9.97 Å². The van der Waals surface area contributed by atoms with E-state index in [0.29, 0.717) is 39.8 Å². The largest absolute Gasteiger partial charge is 0.494 e. The predicted molar refractivity (Wildman–Crippen MR) is 153 cm³/mol. The number of carbonyl (C=O) groups excluding carboxylic acids is 2. The number of ketones is 1. The molecule has 0 aliphatic heterocycles. The SMILES string of the molecule is CCOc1ccc(C(=O)c2oc3ccccc3c2NC(=O)c2nc(SCc3cccc(C)c3)ncc2Cl)cc1. The molecule has 0 aliphatic carbocycles. The Morgan fingerprint density at radius 1 is 1.05 bits per heavy atom. The van der Waals surface area contributed by atoms with Crippen LogP contribution in [0, 0.1) is 6.92 Å². The van der Waals surface area contributed by atoms with Crippen molar-refractivity contribution in [1.82, 2.24) is 9.97 Å². The van der Waals surface area contributed by atoms with Crippen molar-refractivity contribution in [1.29, 1.82) is 0 Å². The zero-order chi connectivity index (χ0) is 27.4. The predicted octanol–water partition coefficient (Wildman–Crippen LogP) is 7.36. The van der Waals surface area contributed by atoms with Gasteiger partial charge in [0, 0.05) is 16.7 Å². The van der Waals surface area contributed by atoms with Crippen LogP contribution in [0.2, 0.25) is 5.02 Å². The number of amides is 1. The first kappa shape index (κ1) is 26.5. The second-order valence-corrected chi connectivity index (χ2v) is 10.0. The molecule has 3 aromatic carbocycles. The summed E-state index contributed by atoms with van der Waals surface area (Å²) in [6, 6.07) is 22.0. The number of hydrogen-bond donors (Lipinski definition) is 1. The lowest BCUT2D eigenvalue weighted by Crippen LogP contribution is -2.17. The number of aryl methyl sites for hydroxylation is 1. The lowest BCUT2D eigenvalue weighted by atomic mass is 10.1. The van der Waals surface area contributed by atoms with E-state index in [-0.39, 0.29) is 27.9 Å². The molecule has 9 heteroatoms. The number of carbonyl (C=O) groups is 2. The molecule has 0 atom stereocenters. The Labute approximate surface area is 234 Å². The summed E-state index contributed by atoms with van der Waals surface area (Å²) >= 11 is 7.73. The Kier molecular flexibility index (Phi) is 7.95. The van der Waals surface area contributed by atoms with Gasteiger partial charge < -0.3 is 14.5 Å². The van der Waals surface area contributed by atoms with E-state index in [1.54, 1.807) is 48.5 Å². The van der Waals surface area contributed by atoms with Crippen LogP contribution >= 0.6 is 23.4 Å². The van der Waals surface area contributed by atoms with Gasteiger partial charge in [0.2, 0.25) is 5.78 Å². The second-order valence-electron chi connectivity index (χ2n) is 8.67. The molecule has 7 nitrogen and oxygen atoms in total. The van der Waals surface area contributed by atoms with E-state index < -0.39 is 5.91 Å². The number of nitrogens with one attached hydrogen (secondary N) is 1. The van der Waals surface area contributed by atoms with E-state index in [0.717, 1.165) is 11.1 Å². The number of fused-ring (bicyclic) bond motifs is 1. The van der Waals surface area contributed by atoms with Gasteiger partial charge in [-0.1, -0.05) is 65.3 Å². The number of thioether (sulfide) groups is 1. The number of ether oxygens (including phenoxy) is 1. The smallest absolute Gasteiger partial charge is 0.276 e. The molecular weight excluding hydrogens is 534 g/mol. The maximum absolute atomic E-state index is 13.4. The number of aromatic nitrogens is 2. The van der Waals surface area contributed by atoms with Crippen molar-refractivity contribution < 1.29 is 18.7 Å². The molecule has 0 spiro atoms. The van der Waals surface area contributed by atoms with Gasteiger partial charge in [-0.15, -0.1) is 0 Å². The summed E-state index contributed by atoms with van der Waals surface area (Å²) in [5.41, 5.74) is 3.38. The van der Waals surface area contributed by atoms with Crippen LogP contribution < -0.4 is 10.1 Å². The summed E-state index contributed by atoms with van der Waals surface area (Å²) in [6.45, 7) is 4.44. The molecule has 0 saturated heterocycles. The van der Waals surface area contributed by atoms with E-state index in [2.05, 4.69) is 21.4 Å². The minimum Gasteiger partial charge on any atom is -0.494 e. The number of halogens is 1. The first-order chi connectivity index (χ1) is 18.9. The highest BCUT2D eigenvalue weighted by atomic mass is 35.5. The maximum Gasteiger partial charge on any atom is 0.276 e. The van der Waals surface area contributed by atoms with Gasteiger partial charge in [0.15, 0.2) is 16.6 Å². The van der Waals surface area contributed by atoms with E-state index in [9.17, 15) is 9.59 Å². The van der Waals surface area contributed by atoms with Gasteiger partial charge in [-0.2, -0.15) is 0 Å². The van der Waals surface area contributed by atoms with Crippen LogP contribution in [0.25, 0.3) is 11.0 Å². The minimum atomic E-state index is -0.577.